The van der Waals surface area contributed by atoms with E-state index in [2.05, 4.69) is 0 Å². The molecule has 2 aromatic carbocycles. The lowest BCUT2D eigenvalue weighted by molar-refractivity contribution is -0.384. The van der Waals surface area contributed by atoms with Crippen LogP contribution in [0.3, 0.4) is 0 Å². The van der Waals surface area contributed by atoms with Gasteiger partial charge in [-0.15, -0.1) is 0 Å². The zero-order chi connectivity index (χ0) is 21.7. The van der Waals surface area contributed by atoms with Crippen LogP contribution in [0.25, 0.3) is 0 Å². The van der Waals surface area contributed by atoms with Gasteiger partial charge < -0.3 is 14.7 Å². The van der Waals surface area contributed by atoms with Crippen molar-refractivity contribution >= 4 is 21.9 Å². The molecule has 30 heavy (non-hydrogen) atoms. The lowest BCUT2D eigenvalue weighted by Gasteiger charge is -2.22. The third kappa shape index (κ3) is 5.12. The maximum atomic E-state index is 12.4. The molecular formula is C19H20N2O8S. The summed E-state index contributed by atoms with van der Waals surface area (Å²) in [7, 11) is -4.01. The second-order valence-electron chi connectivity index (χ2n) is 6.69. The van der Waals surface area contributed by atoms with Crippen LogP contribution in [0.2, 0.25) is 0 Å². The highest BCUT2D eigenvalue weighted by atomic mass is 32.2. The van der Waals surface area contributed by atoms with Crippen LogP contribution in [0.4, 0.5) is 10.5 Å². The average molecular weight is 436 g/mol. The van der Waals surface area contributed by atoms with Crippen molar-refractivity contribution in [3.8, 4) is 0 Å². The number of hydrogen-bond donors (Lipinski definition) is 1. The highest BCUT2D eigenvalue weighted by molar-refractivity contribution is 7.86. The van der Waals surface area contributed by atoms with Crippen LogP contribution in [-0.4, -0.2) is 54.7 Å². The van der Waals surface area contributed by atoms with Crippen molar-refractivity contribution in [3.63, 3.8) is 0 Å². The molecule has 2 aromatic rings. The fraction of sp³-hybridized carbons (Fsp3) is 0.316. The average Bonchev–Trinajstić information content (AvgIpc) is 3.15. The van der Waals surface area contributed by atoms with Gasteiger partial charge in [0.15, 0.2) is 0 Å². The van der Waals surface area contributed by atoms with Gasteiger partial charge in [-0.1, -0.05) is 18.2 Å². The third-order valence-corrected chi connectivity index (χ3v) is 6.00. The first-order chi connectivity index (χ1) is 14.3. The van der Waals surface area contributed by atoms with E-state index < -0.39 is 33.3 Å². The quantitative estimate of drug-likeness (QED) is 0.396. The maximum Gasteiger partial charge on any atom is 0.410 e. The zero-order valence-corrected chi connectivity index (χ0v) is 16.6. The smallest absolute Gasteiger partial charge is 0.410 e. The van der Waals surface area contributed by atoms with Crippen LogP contribution < -0.4 is 0 Å². The molecule has 160 valence electrons. The Morgan fingerprint density at radius 1 is 1.17 bits per heavy atom. The van der Waals surface area contributed by atoms with Crippen LogP contribution in [0.1, 0.15) is 12.0 Å². The molecule has 1 N–H and O–H groups in total. The summed E-state index contributed by atoms with van der Waals surface area (Å²) in [6.45, 7) is -0.562. The Hall–Kier alpha value is -3.02. The minimum atomic E-state index is -4.01. The summed E-state index contributed by atoms with van der Waals surface area (Å²) in [6.07, 6.45) is -1.43. The molecule has 11 heteroatoms. The number of carbonyl (C=O) groups excluding carboxylic acids is 1. The number of benzene rings is 2. The Labute approximate surface area is 172 Å². The molecule has 0 unspecified atom stereocenters. The van der Waals surface area contributed by atoms with Crippen molar-refractivity contribution in [2.75, 3.05) is 13.2 Å². The molecule has 0 bridgehead atoms. The van der Waals surface area contributed by atoms with Crippen LogP contribution in [-0.2, 0) is 25.6 Å². The number of hydrogen-bond acceptors (Lipinski definition) is 8. The van der Waals surface area contributed by atoms with Gasteiger partial charge in [0.05, 0.1) is 35.1 Å². The molecule has 0 saturated carbocycles. The minimum absolute atomic E-state index is 0.00439. The lowest BCUT2D eigenvalue weighted by Crippen LogP contribution is -2.38. The number of ether oxygens (including phenoxy) is 1. The SMILES string of the molecule is O=C(OCc1ccc([N+](=O)[O-])cc1)N1C[C@H](OS(=O)(=O)c2ccccc2)C[C@H]1CO. The van der Waals surface area contributed by atoms with Gasteiger partial charge in [-0.05, 0) is 36.2 Å². The number of rotatable bonds is 7. The summed E-state index contributed by atoms with van der Waals surface area (Å²) in [5.74, 6) is 0. The van der Waals surface area contributed by atoms with Crippen molar-refractivity contribution < 1.29 is 32.2 Å². The number of nitro groups is 1. The van der Waals surface area contributed by atoms with Gasteiger partial charge in [-0.25, -0.2) is 4.79 Å². The van der Waals surface area contributed by atoms with Crippen molar-refractivity contribution in [1.29, 1.82) is 0 Å². The van der Waals surface area contributed by atoms with Gasteiger partial charge in [0.25, 0.3) is 15.8 Å². The normalized spacial score (nSPS) is 18.9. The summed E-state index contributed by atoms with van der Waals surface area (Å²) < 4.78 is 35.2. The molecule has 0 spiro atoms. The van der Waals surface area contributed by atoms with Crippen molar-refractivity contribution in [2.24, 2.45) is 0 Å². The van der Waals surface area contributed by atoms with E-state index in [9.17, 15) is 28.4 Å². The number of carbonyl (C=O) groups is 1. The van der Waals surface area contributed by atoms with Gasteiger partial charge in [0.1, 0.15) is 6.61 Å². The fourth-order valence-corrected chi connectivity index (χ4v) is 4.20. The van der Waals surface area contributed by atoms with Crippen molar-refractivity contribution in [1.82, 2.24) is 4.90 Å². The highest BCUT2D eigenvalue weighted by Gasteiger charge is 2.39. The molecule has 1 heterocycles. The van der Waals surface area contributed by atoms with E-state index in [-0.39, 0.29) is 36.8 Å². The number of aliphatic hydroxyl groups is 1. The van der Waals surface area contributed by atoms with Gasteiger partial charge in [0.2, 0.25) is 0 Å². The van der Waals surface area contributed by atoms with Gasteiger partial charge >= 0.3 is 6.09 Å². The molecule has 0 aromatic heterocycles. The Kier molecular flexibility index (Phi) is 6.65. The van der Waals surface area contributed by atoms with E-state index in [1.165, 1.54) is 41.3 Å². The summed E-state index contributed by atoms with van der Waals surface area (Å²) >= 11 is 0. The predicted molar refractivity (Wildman–Crippen MR) is 104 cm³/mol. The first-order valence-corrected chi connectivity index (χ1v) is 10.5. The van der Waals surface area contributed by atoms with E-state index in [0.29, 0.717) is 5.56 Å². The molecule has 0 aliphatic carbocycles. The number of nitrogens with zero attached hydrogens (tertiary/aromatic N) is 2. The van der Waals surface area contributed by atoms with Crippen LogP contribution in [0, 0.1) is 10.1 Å². The minimum Gasteiger partial charge on any atom is -0.445 e. The number of amides is 1. The predicted octanol–water partition coefficient (Wildman–Crippen LogP) is 2.07. The summed E-state index contributed by atoms with van der Waals surface area (Å²) in [5, 5.41) is 20.2. The molecule has 2 atom stereocenters. The summed E-state index contributed by atoms with van der Waals surface area (Å²) in [5.41, 5.74) is 0.470. The Balaban J connectivity index is 1.60. The molecule has 3 rings (SSSR count). The Morgan fingerprint density at radius 3 is 2.43 bits per heavy atom. The van der Waals surface area contributed by atoms with Crippen molar-refractivity contribution in [3.05, 3.63) is 70.3 Å². The monoisotopic (exact) mass is 436 g/mol. The van der Waals surface area contributed by atoms with E-state index in [1.54, 1.807) is 18.2 Å². The maximum absolute atomic E-state index is 12.4. The fourth-order valence-electron chi connectivity index (χ4n) is 3.10. The van der Waals surface area contributed by atoms with E-state index in [4.69, 9.17) is 8.92 Å². The lowest BCUT2D eigenvalue weighted by atomic mass is 10.2. The van der Waals surface area contributed by atoms with Gasteiger partial charge in [-0.2, -0.15) is 8.42 Å². The second-order valence-corrected chi connectivity index (χ2v) is 8.26. The second kappa shape index (κ2) is 9.20. The van der Waals surface area contributed by atoms with Gasteiger partial charge in [0, 0.05) is 12.1 Å². The van der Waals surface area contributed by atoms with E-state index >= 15 is 0 Å². The zero-order valence-electron chi connectivity index (χ0n) is 15.8. The molecule has 1 saturated heterocycles. The highest BCUT2D eigenvalue weighted by Crippen LogP contribution is 2.25. The van der Waals surface area contributed by atoms with E-state index in [1.807, 2.05) is 0 Å². The Morgan fingerprint density at radius 2 is 1.83 bits per heavy atom. The molecular weight excluding hydrogens is 416 g/mol. The summed E-state index contributed by atoms with van der Waals surface area (Å²) in [6, 6.07) is 12.5. The Bertz CT molecular complexity index is 995. The largest absolute Gasteiger partial charge is 0.445 e. The first-order valence-electron chi connectivity index (χ1n) is 9.06. The molecule has 0 radical (unpaired) electrons. The summed E-state index contributed by atoms with van der Waals surface area (Å²) in [4.78, 5) is 23.8. The third-order valence-electron chi connectivity index (χ3n) is 4.63. The molecule has 1 aliphatic heterocycles. The van der Waals surface area contributed by atoms with E-state index in [0.717, 1.165) is 0 Å². The van der Waals surface area contributed by atoms with Crippen LogP contribution >= 0.6 is 0 Å². The molecule has 1 amide bonds. The molecule has 1 fully saturated rings. The molecule has 10 nitrogen and oxygen atoms in total. The first kappa shape index (κ1) is 21.7. The topological polar surface area (TPSA) is 136 Å². The van der Waals surface area contributed by atoms with Crippen LogP contribution in [0.5, 0.6) is 0 Å². The van der Waals surface area contributed by atoms with Crippen molar-refractivity contribution in [2.45, 2.75) is 30.1 Å². The standard InChI is InChI=1S/C19H20N2O8S/c22-12-16-10-17(29-30(26,27)18-4-2-1-3-5-18)11-20(16)19(23)28-13-14-6-8-15(9-7-14)21(24)25/h1-9,16-17,22H,10-13H2/t16-,17+/m0/s1. The molecule has 1 aliphatic rings. The number of nitro benzene ring substituents is 1. The number of non-ortho nitro benzene ring substituents is 1. The van der Waals surface area contributed by atoms with Crippen LogP contribution in [0.15, 0.2) is 59.5 Å². The number of likely N-dealkylation sites (tertiary alicyclic amines) is 1. The number of aliphatic hydroxyl groups excluding tert-OH is 1. The van der Waals surface area contributed by atoms with Gasteiger partial charge in [-0.3, -0.25) is 14.3 Å².